The Bertz CT molecular complexity index is 555. The standard InChI is InChI=1S/C14H26N4O2S/c1-4-18-7-5-6-13(18)11-17(3)21(19,20)14-8-12(9-15-2)16-10-14/h8,10,13,15-16H,4-7,9,11H2,1-3H3. The van der Waals surface area contributed by atoms with Crippen molar-refractivity contribution in [3.63, 3.8) is 0 Å². The number of H-pyrrole nitrogens is 1. The lowest BCUT2D eigenvalue weighted by molar-refractivity contribution is 0.237. The molecule has 0 amide bonds. The summed E-state index contributed by atoms with van der Waals surface area (Å²) in [6.07, 6.45) is 3.81. The highest BCUT2D eigenvalue weighted by Gasteiger charge is 2.29. The molecule has 1 aromatic rings. The fourth-order valence-electron chi connectivity index (χ4n) is 2.95. The smallest absolute Gasteiger partial charge is 0.244 e. The van der Waals surface area contributed by atoms with Crippen LogP contribution in [0, 0.1) is 0 Å². The molecule has 2 rings (SSSR count). The van der Waals surface area contributed by atoms with E-state index >= 15 is 0 Å². The maximum absolute atomic E-state index is 12.6. The normalized spacial score (nSPS) is 20.5. The van der Waals surface area contributed by atoms with Gasteiger partial charge in [-0.25, -0.2) is 8.42 Å². The Morgan fingerprint density at radius 1 is 1.52 bits per heavy atom. The zero-order chi connectivity index (χ0) is 15.5. The van der Waals surface area contributed by atoms with Gasteiger partial charge in [0.05, 0.1) is 4.90 Å². The van der Waals surface area contributed by atoms with E-state index in [-0.39, 0.29) is 0 Å². The predicted octanol–water partition coefficient (Wildman–Crippen LogP) is 0.839. The van der Waals surface area contributed by atoms with Crippen molar-refractivity contribution in [3.8, 4) is 0 Å². The van der Waals surface area contributed by atoms with E-state index in [1.807, 2.05) is 7.05 Å². The number of likely N-dealkylation sites (tertiary alicyclic amines) is 1. The summed E-state index contributed by atoms with van der Waals surface area (Å²) in [6, 6.07) is 2.04. The molecule has 1 aliphatic heterocycles. The maximum Gasteiger partial charge on any atom is 0.244 e. The van der Waals surface area contributed by atoms with Gasteiger partial charge < -0.3 is 10.3 Å². The highest BCUT2D eigenvalue weighted by Crippen LogP contribution is 2.21. The summed E-state index contributed by atoms with van der Waals surface area (Å²) >= 11 is 0. The topological polar surface area (TPSA) is 68.4 Å². The summed E-state index contributed by atoms with van der Waals surface area (Å²) in [4.78, 5) is 5.70. The number of aromatic amines is 1. The van der Waals surface area contributed by atoms with Crippen molar-refractivity contribution in [2.45, 2.75) is 37.2 Å². The van der Waals surface area contributed by atoms with E-state index in [1.165, 1.54) is 4.31 Å². The molecular weight excluding hydrogens is 288 g/mol. The van der Waals surface area contributed by atoms with Gasteiger partial charge in [0.1, 0.15) is 0 Å². The van der Waals surface area contributed by atoms with Crippen molar-refractivity contribution in [2.24, 2.45) is 0 Å². The third-order valence-electron chi connectivity index (χ3n) is 4.16. The summed E-state index contributed by atoms with van der Waals surface area (Å²) in [7, 11) is 0.0988. The molecule has 1 atom stereocenters. The van der Waals surface area contributed by atoms with E-state index in [0.717, 1.165) is 31.6 Å². The highest BCUT2D eigenvalue weighted by molar-refractivity contribution is 7.89. The van der Waals surface area contributed by atoms with Gasteiger partial charge >= 0.3 is 0 Å². The molecule has 0 aliphatic carbocycles. The number of rotatable bonds is 7. The number of likely N-dealkylation sites (N-methyl/N-ethyl adjacent to an activating group) is 2. The molecule has 120 valence electrons. The molecule has 0 radical (unpaired) electrons. The van der Waals surface area contributed by atoms with E-state index in [1.54, 1.807) is 19.3 Å². The first-order valence-electron chi connectivity index (χ1n) is 7.51. The molecule has 1 aromatic heterocycles. The third-order valence-corrected chi connectivity index (χ3v) is 5.97. The molecule has 0 aromatic carbocycles. The number of nitrogens with zero attached hydrogens (tertiary/aromatic N) is 2. The largest absolute Gasteiger partial charge is 0.363 e. The van der Waals surface area contributed by atoms with E-state index in [0.29, 0.717) is 24.0 Å². The first kappa shape index (κ1) is 16.5. The fraction of sp³-hybridized carbons (Fsp3) is 0.714. The van der Waals surface area contributed by atoms with Gasteiger partial charge in [0, 0.05) is 38.1 Å². The van der Waals surface area contributed by atoms with Crippen molar-refractivity contribution >= 4 is 10.0 Å². The van der Waals surface area contributed by atoms with Gasteiger partial charge in [0.25, 0.3) is 0 Å². The molecule has 7 heteroatoms. The van der Waals surface area contributed by atoms with Crippen LogP contribution in [0.25, 0.3) is 0 Å². The Morgan fingerprint density at radius 2 is 2.29 bits per heavy atom. The average Bonchev–Trinajstić information content (AvgIpc) is 3.08. The minimum absolute atomic E-state index is 0.338. The molecule has 2 N–H and O–H groups in total. The molecular formula is C14H26N4O2S. The van der Waals surface area contributed by atoms with Gasteiger partial charge in [-0.3, -0.25) is 4.90 Å². The van der Waals surface area contributed by atoms with Crippen molar-refractivity contribution in [1.82, 2.24) is 19.5 Å². The van der Waals surface area contributed by atoms with Crippen LogP contribution >= 0.6 is 0 Å². The molecule has 0 saturated carbocycles. The molecule has 1 unspecified atom stereocenters. The zero-order valence-electron chi connectivity index (χ0n) is 13.1. The quantitative estimate of drug-likeness (QED) is 0.782. The fourth-order valence-corrected chi connectivity index (χ4v) is 4.18. The van der Waals surface area contributed by atoms with Gasteiger partial charge in [0.15, 0.2) is 0 Å². The minimum atomic E-state index is -3.41. The van der Waals surface area contributed by atoms with Crippen molar-refractivity contribution < 1.29 is 8.42 Å². The Kier molecular flexibility index (Phi) is 5.43. The molecule has 2 heterocycles. The number of nitrogens with one attached hydrogen (secondary N) is 2. The maximum atomic E-state index is 12.6. The lowest BCUT2D eigenvalue weighted by Gasteiger charge is -2.27. The second-order valence-electron chi connectivity index (χ2n) is 5.60. The van der Waals surface area contributed by atoms with Crippen LogP contribution in [0.2, 0.25) is 0 Å². The van der Waals surface area contributed by atoms with Gasteiger partial charge in [-0.1, -0.05) is 6.92 Å². The van der Waals surface area contributed by atoms with Crippen LogP contribution in [0.3, 0.4) is 0 Å². The number of aromatic nitrogens is 1. The molecule has 1 fully saturated rings. The Morgan fingerprint density at radius 3 is 2.95 bits per heavy atom. The van der Waals surface area contributed by atoms with Crippen LogP contribution in [-0.2, 0) is 16.6 Å². The monoisotopic (exact) mass is 314 g/mol. The second kappa shape index (κ2) is 6.91. The molecule has 1 saturated heterocycles. The lowest BCUT2D eigenvalue weighted by atomic mass is 10.2. The first-order chi connectivity index (χ1) is 9.98. The first-order valence-corrected chi connectivity index (χ1v) is 8.95. The van der Waals surface area contributed by atoms with Crippen LogP contribution in [0.4, 0.5) is 0 Å². The SMILES string of the molecule is CCN1CCCC1CN(C)S(=O)(=O)c1c[nH]c(CNC)c1. The van der Waals surface area contributed by atoms with Crippen molar-refractivity contribution in [3.05, 3.63) is 18.0 Å². The minimum Gasteiger partial charge on any atom is -0.363 e. The van der Waals surface area contributed by atoms with E-state index in [9.17, 15) is 8.42 Å². The Hall–Kier alpha value is -0.890. The summed E-state index contributed by atoms with van der Waals surface area (Å²) < 4.78 is 26.7. The van der Waals surface area contributed by atoms with Crippen LogP contribution in [0.5, 0.6) is 0 Å². The molecule has 0 bridgehead atoms. The highest BCUT2D eigenvalue weighted by atomic mass is 32.2. The Balaban J connectivity index is 2.07. The molecule has 0 spiro atoms. The van der Waals surface area contributed by atoms with Crippen LogP contribution in [0.1, 0.15) is 25.5 Å². The van der Waals surface area contributed by atoms with Gasteiger partial charge in [-0.15, -0.1) is 0 Å². The van der Waals surface area contributed by atoms with Gasteiger partial charge in [-0.2, -0.15) is 4.31 Å². The molecule has 6 nitrogen and oxygen atoms in total. The molecule has 21 heavy (non-hydrogen) atoms. The van der Waals surface area contributed by atoms with E-state index < -0.39 is 10.0 Å². The van der Waals surface area contributed by atoms with E-state index in [2.05, 4.69) is 22.1 Å². The average molecular weight is 314 g/mol. The van der Waals surface area contributed by atoms with Crippen LogP contribution < -0.4 is 5.32 Å². The van der Waals surface area contributed by atoms with Crippen LogP contribution in [0.15, 0.2) is 17.2 Å². The zero-order valence-corrected chi connectivity index (χ0v) is 13.9. The summed E-state index contributed by atoms with van der Waals surface area (Å²) in [5.74, 6) is 0. The second-order valence-corrected chi connectivity index (χ2v) is 7.65. The molecule has 1 aliphatic rings. The Labute approximate surface area is 127 Å². The van der Waals surface area contributed by atoms with Crippen molar-refractivity contribution in [2.75, 3.05) is 33.7 Å². The summed E-state index contributed by atoms with van der Waals surface area (Å²) in [6.45, 7) is 5.37. The lowest BCUT2D eigenvalue weighted by Crippen LogP contribution is -2.41. The predicted molar refractivity (Wildman–Crippen MR) is 83.6 cm³/mol. The van der Waals surface area contributed by atoms with Crippen LogP contribution in [-0.4, -0.2) is 62.4 Å². The number of sulfonamides is 1. The van der Waals surface area contributed by atoms with Gasteiger partial charge in [0.2, 0.25) is 10.0 Å². The number of hydrogen-bond donors (Lipinski definition) is 2. The van der Waals surface area contributed by atoms with E-state index in [4.69, 9.17) is 0 Å². The number of hydrogen-bond acceptors (Lipinski definition) is 4. The van der Waals surface area contributed by atoms with Crippen molar-refractivity contribution in [1.29, 1.82) is 0 Å². The third kappa shape index (κ3) is 3.66. The summed E-state index contributed by atoms with van der Waals surface area (Å²) in [5, 5.41) is 3.00. The summed E-state index contributed by atoms with van der Waals surface area (Å²) in [5.41, 5.74) is 0.875. The van der Waals surface area contributed by atoms with Gasteiger partial charge in [-0.05, 0) is 39.0 Å².